The SMILES string of the molecule is C[NH+](C)Cn1c(O)c(N=NC(=O)CSc2nc3ccccc3o2)c2ccccc21. The van der Waals surface area contributed by atoms with Crippen LogP contribution in [0.2, 0.25) is 0 Å². The first-order valence-electron chi connectivity index (χ1n) is 9.05. The van der Waals surface area contributed by atoms with E-state index in [9.17, 15) is 9.90 Å². The summed E-state index contributed by atoms with van der Waals surface area (Å²) in [4.78, 5) is 17.6. The normalized spacial score (nSPS) is 12.0. The zero-order valence-electron chi connectivity index (χ0n) is 16.0. The number of hydrogen-bond donors (Lipinski definition) is 2. The molecule has 2 N–H and O–H groups in total. The van der Waals surface area contributed by atoms with E-state index in [1.165, 1.54) is 0 Å². The summed E-state index contributed by atoms with van der Waals surface area (Å²) in [5.74, 6) is -0.403. The first-order chi connectivity index (χ1) is 14.0. The first-order valence-corrected chi connectivity index (χ1v) is 10.0. The van der Waals surface area contributed by atoms with Crippen molar-refractivity contribution < 1.29 is 19.2 Å². The number of nitrogens with zero attached hydrogens (tertiary/aromatic N) is 4. The van der Waals surface area contributed by atoms with Gasteiger partial charge < -0.3 is 14.4 Å². The number of azo groups is 1. The number of rotatable bonds is 6. The molecule has 9 heteroatoms. The van der Waals surface area contributed by atoms with Crippen molar-refractivity contribution in [1.29, 1.82) is 0 Å². The highest BCUT2D eigenvalue weighted by atomic mass is 32.2. The standard InChI is InChI=1S/C20H19N5O3S/c1-24(2)12-25-15-9-5-3-7-13(15)18(19(25)27)23-22-17(26)11-29-20-21-14-8-4-6-10-16(14)28-20/h3-10,27H,11-12H2,1-2H3/p+1. The third-order valence-corrected chi connectivity index (χ3v) is 5.06. The Morgan fingerprint density at radius 1 is 1.21 bits per heavy atom. The number of aromatic nitrogens is 2. The summed E-state index contributed by atoms with van der Waals surface area (Å²) in [6.07, 6.45) is 0. The topological polar surface area (TPSA) is 97.4 Å². The van der Waals surface area contributed by atoms with Crippen LogP contribution < -0.4 is 4.90 Å². The summed E-state index contributed by atoms with van der Waals surface area (Å²) >= 11 is 1.16. The molecule has 2 aromatic carbocycles. The molecule has 1 amide bonds. The zero-order chi connectivity index (χ0) is 20.4. The average molecular weight is 410 g/mol. The van der Waals surface area contributed by atoms with Gasteiger partial charge in [-0.15, -0.1) is 10.2 Å². The van der Waals surface area contributed by atoms with E-state index in [-0.39, 0.29) is 11.6 Å². The van der Waals surface area contributed by atoms with Gasteiger partial charge in [-0.1, -0.05) is 42.1 Å². The fourth-order valence-electron chi connectivity index (χ4n) is 3.02. The monoisotopic (exact) mass is 410 g/mol. The zero-order valence-corrected chi connectivity index (χ0v) is 16.8. The van der Waals surface area contributed by atoms with Crippen LogP contribution in [0.1, 0.15) is 0 Å². The van der Waals surface area contributed by atoms with Gasteiger partial charge in [0.05, 0.1) is 25.4 Å². The van der Waals surface area contributed by atoms with Gasteiger partial charge >= 0.3 is 0 Å². The van der Waals surface area contributed by atoms with Crippen LogP contribution in [0.5, 0.6) is 5.88 Å². The minimum atomic E-state index is -0.438. The molecule has 0 aliphatic heterocycles. The highest BCUT2D eigenvalue weighted by molar-refractivity contribution is 7.99. The minimum Gasteiger partial charge on any atom is -0.493 e. The lowest BCUT2D eigenvalue weighted by atomic mass is 10.2. The van der Waals surface area contributed by atoms with Crippen LogP contribution >= 0.6 is 11.8 Å². The van der Waals surface area contributed by atoms with Gasteiger partial charge in [-0.05, 0) is 18.2 Å². The van der Waals surface area contributed by atoms with Crippen molar-refractivity contribution in [3.63, 3.8) is 0 Å². The van der Waals surface area contributed by atoms with E-state index in [1.807, 2.05) is 62.6 Å². The number of quaternary nitrogens is 1. The molecule has 0 saturated carbocycles. The highest BCUT2D eigenvalue weighted by Gasteiger charge is 2.18. The number of benzene rings is 2. The molecule has 0 unspecified atom stereocenters. The van der Waals surface area contributed by atoms with Crippen LogP contribution in [0, 0.1) is 0 Å². The Hall–Kier alpha value is -3.17. The van der Waals surface area contributed by atoms with Crippen LogP contribution in [0.25, 0.3) is 22.0 Å². The first kappa shape index (κ1) is 19.2. The molecule has 0 aliphatic carbocycles. The average Bonchev–Trinajstić information content (AvgIpc) is 3.24. The Morgan fingerprint density at radius 3 is 2.76 bits per heavy atom. The number of para-hydroxylation sites is 3. The molecule has 0 saturated heterocycles. The minimum absolute atomic E-state index is 0.00412. The molecule has 4 aromatic rings. The van der Waals surface area contributed by atoms with Crippen molar-refractivity contribution in [1.82, 2.24) is 9.55 Å². The van der Waals surface area contributed by atoms with E-state index in [1.54, 1.807) is 4.57 Å². The van der Waals surface area contributed by atoms with Crippen LogP contribution in [-0.2, 0) is 11.5 Å². The van der Waals surface area contributed by atoms with Crippen LogP contribution in [0.3, 0.4) is 0 Å². The summed E-state index contributed by atoms with van der Waals surface area (Å²) in [6.45, 7) is 0.559. The molecule has 0 spiro atoms. The van der Waals surface area contributed by atoms with Crippen molar-refractivity contribution in [2.75, 3.05) is 19.8 Å². The van der Waals surface area contributed by atoms with E-state index in [4.69, 9.17) is 4.42 Å². The summed E-state index contributed by atoms with van der Waals surface area (Å²) < 4.78 is 7.34. The Bertz CT molecular complexity index is 1180. The summed E-state index contributed by atoms with van der Waals surface area (Å²) in [5, 5.41) is 19.6. The molecule has 148 valence electrons. The number of amides is 1. The largest absolute Gasteiger partial charge is 0.493 e. The third-order valence-electron chi connectivity index (χ3n) is 4.25. The van der Waals surface area contributed by atoms with Crippen molar-refractivity contribution in [3.8, 4) is 5.88 Å². The molecular formula is C20H20N5O3S+. The van der Waals surface area contributed by atoms with E-state index >= 15 is 0 Å². The van der Waals surface area contributed by atoms with Crippen molar-refractivity contribution in [2.45, 2.75) is 11.9 Å². The lowest BCUT2D eigenvalue weighted by molar-refractivity contribution is -0.882. The summed E-state index contributed by atoms with van der Waals surface area (Å²) in [7, 11) is 3.98. The van der Waals surface area contributed by atoms with Crippen LogP contribution in [-0.4, -0.2) is 40.4 Å². The molecular weight excluding hydrogens is 390 g/mol. The molecule has 0 atom stereocenters. The molecule has 8 nitrogen and oxygen atoms in total. The van der Waals surface area contributed by atoms with E-state index in [0.29, 0.717) is 23.2 Å². The second-order valence-electron chi connectivity index (χ2n) is 6.81. The number of aromatic hydroxyl groups is 1. The maximum atomic E-state index is 12.2. The van der Waals surface area contributed by atoms with E-state index in [0.717, 1.165) is 33.1 Å². The highest BCUT2D eigenvalue weighted by Crippen LogP contribution is 2.38. The molecule has 4 rings (SSSR count). The number of nitrogens with one attached hydrogen (secondary N) is 1. The number of carbonyl (C=O) groups excluding carboxylic acids is 1. The number of thioether (sulfide) groups is 1. The molecule has 0 aliphatic rings. The molecule has 0 radical (unpaired) electrons. The lowest BCUT2D eigenvalue weighted by Crippen LogP contribution is -3.04. The number of hydrogen-bond acceptors (Lipinski definition) is 6. The summed E-state index contributed by atoms with van der Waals surface area (Å²) in [5.41, 5.74) is 2.55. The van der Waals surface area contributed by atoms with E-state index < -0.39 is 5.91 Å². The lowest BCUT2D eigenvalue weighted by Gasteiger charge is -2.10. The third kappa shape index (κ3) is 4.01. The molecule has 0 fully saturated rings. The number of carbonyl (C=O) groups is 1. The van der Waals surface area contributed by atoms with Gasteiger partial charge in [-0.3, -0.25) is 9.36 Å². The fraction of sp³-hybridized carbons (Fsp3) is 0.200. The summed E-state index contributed by atoms with van der Waals surface area (Å²) in [6, 6.07) is 14.9. The maximum absolute atomic E-state index is 12.2. The van der Waals surface area contributed by atoms with Gasteiger partial charge in [0.1, 0.15) is 5.52 Å². The van der Waals surface area contributed by atoms with Gasteiger partial charge in [-0.25, -0.2) is 4.98 Å². The van der Waals surface area contributed by atoms with E-state index in [2.05, 4.69) is 15.2 Å². The van der Waals surface area contributed by atoms with Gasteiger partial charge in [0.25, 0.3) is 11.1 Å². The second kappa shape index (κ2) is 8.06. The maximum Gasteiger partial charge on any atom is 0.275 e. The van der Waals surface area contributed by atoms with Crippen molar-refractivity contribution in [3.05, 3.63) is 48.5 Å². The quantitative estimate of drug-likeness (QED) is 0.376. The van der Waals surface area contributed by atoms with Crippen LogP contribution in [0.4, 0.5) is 5.69 Å². The Kier molecular flexibility index (Phi) is 5.32. The Morgan fingerprint density at radius 2 is 1.97 bits per heavy atom. The molecule has 0 bridgehead atoms. The van der Waals surface area contributed by atoms with Gasteiger partial charge in [0.15, 0.2) is 17.9 Å². The number of oxazole rings is 1. The molecule has 2 aromatic heterocycles. The van der Waals surface area contributed by atoms with Crippen molar-refractivity contribution >= 4 is 45.4 Å². The van der Waals surface area contributed by atoms with Gasteiger partial charge in [0.2, 0.25) is 5.88 Å². The molecule has 29 heavy (non-hydrogen) atoms. The van der Waals surface area contributed by atoms with Crippen LogP contribution in [0.15, 0.2) is 68.4 Å². The van der Waals surface area contributed by atoms with Crippen molar-refractivity contribution in [2.24, 2.45) is 10.2 Å². The van der Waals surface area contributed by atoms with Gasteiger partial charge in [0, 0.05) is 5.39 Å². The second-order valence-corrected chi connectivity index (χ2v) is 7.74. The smallest absolute Gasteiger partial charge is 0.275 e. The molecule has 2 heterocycles. The predicted molar refractivity (Wildman–Crippen MR) is 111 cm³/mol. The van der Waals surface area contributed by atoms with Gasteiger partial charge in [-0.2, -0.15) is 0 Å². The Balaban J connectivity index is 1.51. The number of fused-ring (bicyclic) bond motifs is 2. The fourth-order valence-corrected chi connectivity index (χ4v) is 3.63. The Labute approximate surface area is 170 Å². The predicted octanol–water partition coefficient (Wildman–Crippen LogP) is 2.99.